The molecule has 0 radical (unpaired) electrons. The van der Waals surface area contributed by atoms with Crippen molar-refractivity contribution in [2.75, 3.05) is 6.54 Å². The molecular weight excluding hydrogens is 572 g/mol. The molecule has 3 aromatic rings. The number of amides is 2. The molecule has 0 aliphatic rings. The molecule has 3 rings (SSSR count). The van der Waals surface area contributed by atoms with Crippen molar-refractivity contribution in [3.8, 4) is 11.4 Å². The fourth-order valence-corrected chi connectivity index (χ4v) is 4.07. The number of aromatic nitrogens is 2. The van der Waals surface area contributed by atoms with Crippen molar-refractivity contribution in [3.05, 3.63) is 82.1 Å². The van der Waals surface area contributed by atoms with Crippen molar-refractivity contribution in [1.29, 1.82) is 0 Å². The molecule has 2 aromatic carbocycles. The van der Waals surface area contributed by atoms with Gasteiger partial charge in [-0.15, -0.1) is 0 Å². The molecule has 1 atom stereocenters. The first-order valence-corrected chi connectivity index (χ1v) is 14.0. The number of hydrogen-bond donors (Lipinski definition) is 2. The fourth-order valence-electron chi connectivity index (χ4n) is 3.86. The summed E-state index contributed by atoms with van der Waals surface area (Å²) in [6.07, 6.45) is 3.64. The van der Waals surface area contributed by atoms with Crippen LogP contribution in [0.15, 0.2) is 65.4 Å². The maximum absolute atomic E-state index is 13.2. The molecule has 0 saturated heterocycles. The van der Waals surface area contributed by atoms with Gasteiger partial charge in [-0.05, 0) is 65.4 Å². The lowest BCUT2D eigenvalue weighted by molar-refractivity contribution is -0.154. The highest BCUT2D eigenvalue weighted by molar-refractivity contribution is 9.10. The summed E-state index contributed by atoms with van der Waals surface area (Å²) in [5.41, 5.74) is 2.60. The van der Waals surface area contributed by atoms with Crippen LogP contribution in [-0.2, 0) is 26.2 Å². The smallest absolute Gasteiger partial charge is 0.308 e. The lowest BCUT2D eigenvalue weighted by Crippen LogP contribution is -2.48. The summed E-state index contributed by atoms with van der Waals surface area (Å²) < 4.78 is 6.10. The average Bonchev–Trinajstić information content (AvgIpc) is 2.87. The third-order valence-electron chi connectivity index (χ3n) is 5.96. The Kier molecular flexibility index (Phi) is 10.2. The summed E-state index contributed by atoms with van der Waals surface area (Å²) in [5.74, 6) is -0.563. The van der Waals surface area contributed by atoms with Crippen LogP contribution in [0.25, 0.3) is 11.4 Å². The molecule has 0 fully saturated rings. The van der Waals surface area contributed by atoms with Gasteiger partial charge in [0.25, 0.3) is 5.91 Å². The molecule has 0 saturated carbocycles. The van der Waals surface area contributed by atoms with Gasteiger partial charge in [0.1, 0.15) is 11.6 Å². The van der Waals surface area contributed by atoms with E-state index in [1.54, 1.807) is 45.3 Å². The van der Waals surface area contributed by atoms with Crippen molar-refractivity contribution in [2.24, 2.45) is 0 Å². The van der Waals surface area contributed by atoms with Crippen LogP contribution in [-0.4, -0.2) is 45.9 Å². The number of rotatable bonds is 9. The maximum atomic E-state index is 13.2. The molecule has 9 heteroatoms. The number of esters is 1. The van der Waals surface area contributed by atoms with Crippen LogP contribution < -0.4 is 10.6 Å². The van der Waals surface area contributed by atoms with Gasteiger partial charge < -0.3 is 15.4 Å². The Hall–Kier alpha value is -3.59. The van der Waals surface area contributed by atoms with E-state index in [1.807, 2.05) is 36.4 Å². The summed E-state index contributed by atoms with van der Waals surface area (Å²) in [5, 5.41) is 5.64. The number of carbonyl (C=O) groups is 3. The van der Waals surface area contributed by atoms with Crippen molar-refractivity contribution in [3.63, 3.8) is 0 Å². The van der Waals surface area contributed by atoms with E-state index in [9.17, 15) is 14.4 Å². The van der Waals surface area contributed by atoms with Crippen LogP contribution in [0.4, 0.5) is 0 Å². The van der Waals surface area contributed by atoms with Crippen LogP contribution in [0.3, 0.4) is 0 Å². The predicted molar refractivity (Wildman–Crippen MR) is 159 cm³/mol. The molecule has 1 aromatic heterocycles. The number of carbonyl (C=O) groups excluding carboxylic acids is 3. The second-order valence-electron chi connectivity index (χ2n) is 11.6. The molecule has 0 spiro atoms. The van der Waals surface area contributed by atoms with Crippen LogP contribution in [0.1, 0.15) is 69.4 Å². The van der Waals surface area contributed by atoms with E-state index < -0.39 is 17.6 Å². The molecular formula is C31H37BrN4O4. The molecule has 0 bridgehead atoms. The highest BCUT2D eigenvalue weighted by Gasteiger charge is 2.23. The molecule has 212 valence electrons. The molecule has 0 unspecified atom stereocenters. The van der Waals surface area contributed by atoms with Gasteiger partial charge >= 0.3 is 5.97 Å². The number of halogens is 1. The molecule has 2 N–H and O–H groups in total. The van der Waals surface area contributed by atoms with Crippen molar-refractivity contribution in [1.82, 2.24) is 20.6 Å². The van der Waals surface area contributed by atoms with Gasteiger partial charge in [0.05, 0.1) is 10.9 Å². The molecule has 40 heavy (non-hydrogen) atoms. The second kappa shape index (κ2) is 13.2. The predicted octanol–water partition coefficient (Wildman–Crippen LogP) is 5.39. The standard InChI is InChI=1S/C31H37BrN4O4/c1-30(2,3)23-13-11-22(12-14-23)28(38)36-25(29(39)33-16-15-26(37)40-31(4,5)6)17-20-7-9-21(10-8-20)27-34-18-24(32)19-35-27/h7-14,18-19,25H,15-17H2,1-6H3,(H,33,39)(H,36,38)/t25-/m0/s1. The van der Waals surface area contributed by atoms with Gasteiger partial charge in [0.2, 0.25) is 5.91 Å². The van der Waals surface area contributed by atoms with E-state index in [2.05, 4.69) is 57.3 Å². The Morgan fingerprint density at radius 1 is 0.900 bits per heavy atom. The van der Waals surface area contributed by atoms with Crippen LogP contribution in [0.2, 0.25) is 0 Å². The summed E-state index contributed by atoms with van der Waals surface area (Å²) in [4.78, 5) is 47.0. The Bertz CT molecular complexity index is 1310. The first-order chi connectivity index (χ1) is 18.7. The van der Waals surface area contributed by atoms with Crippen molar-refractivity contribution < 1.29 is 19.1 Å². The monoisotopic (exact) mass is 608 g/mol. The Balaban J connectivity index is 1.73. The third kappa shape index (κ3) is 9.55. The van der Waals surface area contributed by atoms with Gasteiger partial charge in [-0.3, -0.25) is 14.4 Å². The number of hydrogen-bond acceptors (Lipinski definition) is 6. The largest absolute Gasteiger partial charge is 0.460 e. The molecule has 8 nitrogen and oxygen atoms in total. The van der Waals surface area contributed by atoms with Crippen molar-refractivity contribution >= 4 is 33.7 Å². The van der Waals surface area contributed by atoms with Gasteiger partial charge in [-0.2, -0.15) is 0 Å². The summed E-state index contributed by atoms with van der Waals surface area (Å²) in [6.45, 7) is 11.8. The van der Waals surface area contributed by atoms with Crippen molar-refractivity contribution in [2.45, 2.75) is 71.4 Å². The van der Waals surface area contributed by atoms with Gasteiger partial charge in [0.15, 0.2) is 5.82 Å². The Morgan fingerprint density at radius 3 is 2.05 bits per heavy atom. The minimum absolute atomic E-state index is 0.0276. The quantitative estimate of drug-likeness (QED) is 0.315. The first-order valence-electron chi connectivity index (χ1n) is 13.2. The molecule has 1 heterocycles. The van der Waals surface area contributed by atoms with E-state index in [0.717, 1.165) is 21.2 Å². The van der Waals surface area contributed by atoms with Crippen LogP contribution in [0.5, 0.6) is 0 Å². The zero-order valence-electron chi connectivity index (χ0n) is 23.9. The van der Waals surface area contributed by atoms with Gasteiger partial charge in [0, 0.05) is 36.5 Å². The topological polar surface area (TPSA) is 110 Å². The molecule has 0 aliphatic carbocycles. The summed E-state index contributed by atoms with van der Waals surface area (Å²) >= 11 is 3.33. The highest BCUT2D eigenvalue weighted by atomic mass is 79.9. The lowest BCUT2D eigenvalue weighted by atomic mass is 9.86. The third-order valence-corrected chi connectivity index (χ3v) is 6.37. The van der Waals surface area contributed by atoms with E-state index in [0.29, 0.717) is 11.4 Å². The fraction of sp³-hybridized carbons (Fsp3) is 0.387. The number of ether oxygens (including phenoxy) is 1. The number of benzene rings is 2. The zero-order chi connectivity index (χ0) is 29.5. The van der Waals surface area contributed by atoms with Gasteiger partial charge in [-0.1, -0.05) is 57.2 Å². The van der Waals surface area contributed by atoms with E-state index in [1.165, 1.54) is 0 Å². The first kappa shape index (κ1) is 30.9. The Labute approximate surface area is 244 Å². The summed E-state index contributed by atoms with van der Waals surface area (Å²) in [7, 11) is 0. The minimum Gasteiger partial charge on any atom is -0.460 e. The second-order valence-corrected chi connectivity index (χ2v) is 12.5. The SMILES string of the molecule is CC(C)(C)OC(=O)CCNC(=O)[C@H](Cc1ccc(-c2ncc(Br)cn2)cc1)NC(=O)c1ccc(C(C)(C)C)cc1. The molecule has 0 aliphatic heterocycles. The van der Waals surface area contributed by atoms with Gasteiger partial charge in [-0.25, -0.2) is 9.97 Å². The number of nitrogens with one attached hydrogen (secondary N) is 2. The minimum atomic E-state index is -0.858. The highest BCUT2D eigenvalue weighted by Crippen LogP contribution is 2.22. The van der Waals surface area contributed by atoms with E-state index in [4.69, 9.17) is 4.74 Å². The normalized spacial score (nSPS) is 12.4. The van der Waals surface area contributed by atoms with Crippen LogP contribution >= 0.6 is 15.9 Å². The zero-order valence-corrected chi connectivity index (χ0v) is 25.5. The lowest BCUT2D eigenvalue weighted by Gasteiger charge is -2.21. The maximum Gasteiger partial charge on any atom is 0.308 e. The van der Waals surface area contributed by atoms with E-state index in [-0.39, 0.29) is 36.6 Å². The number of nitrogens with zero attached hydrogens (tertiary/aromatic N) is 2. The van der Waals surface area contributed by atoms with Crippen LogP contribution in [0, 0.1) is 0 Å². The van der Waals surface area contributed by atoms with E-state index >= 15 is 0 Å². The Morgan fingerprint density at radius 2 is 1.50 bits per heavy atom. The summed E-state index contributed by atoms with van der Waals surface area (Å²) in [6, 6.07) is 14.0. The average molecular weight is 610 g/mol. The molecule has 2 amide bonds.